The van der Waals surface area contributed by atoms with E-state index in [1.807, 2.05) is 24.3 Å². The molecule has 1 rings (SSSR count). The van der Waals surface area contributed by atoms with E-state index in [-0.39, 0.29) is 0 Å². The van der Waals surface area contributed by atoms with Crippen molar-refractivity contribution in [2.45, 2.75) is 39.0 Å². The number of hydrogen-bond donors (Lipinski definition) is 0. The van der Waals surface area contributed by atoms with E-state index in [9.17, 15) is 4.79 Å². The molecular formula is C15H20O. The zero-order chi connectivity index (χ0) is 11.6. The highest BCUT2D eigenvalue weighted by molar-refractivity contribution is 5.75. The number of allylic oxidation sites excluding steroid dienone is 1. The molecule has 1 heteroatoms. The molecule has 0 bridgehead atoms. The van der Waals surface area contributed by atoms with Crippen LogP contribution in [0.4, 0.5) is 0 Å². The molecule has 0 amide bonds. The number of unbranched alkanes of at least 4 members (excludes halogenated alkanes) is 4. The smallest absolute Gasteiger partial charge is 0.150 e. The third-order valence-electron chi connectivity index (χ3n) is 2.61. The number of benzene rings is 1. The first-order chi connectivity index (χ1) is 7.86. The van der Waals surface area contributed by atoms with E-state index in [4.69, 9.17) is 0 Å². The second kappa shape index (κ2) is 7.86. The van der Waals surface area contributed by atoms with Crippen LogP contribution < -0.4 is 0 Å². The summed E-state index contributed by atoms with van der Waals surface area (Å²) in [5.41, 5.74) is 1.90. The molecule has 0 saturated heterocycles. The summed E-state index contributed by atoms with van der Waals surface area (Å²) in [6.45, 7) is 2.23. The van der Waals surface area contributed by atoms with E-state index in [1.54, 1.807) is 0 Å². The van der Waals surface area contributed by atoms with Crippen LogP contribution in [0, 0.1) is 0 Å². The molecule has 0 atom stereocenters. The summed E-state index contributed by atoms with van der Waals surface area (Å²) in [5, 5.41) is 0. The predicted molar refractivity (Wildman–Crippen MR) is 69.6 cm³/mol. The minimum absolute atomic E-state index is 0.736. The standard InChI is InChI=1S/C15H20O/c1-2-3-4-5-6-7-8-14-9-11-15(13-16)12-10-14/h7-13H,2-6H2,1H3/b8-7-. The van der Waals surface area contributed by atoms with E-state index in [1.165, 1.54) is 31.2 Å². The van der Waals surface area contributed by atoms with Crippen LogP contribution in [0.1, 0.15) is 54.9 Å². The molecule has 0 radical (unpaired) electrons. The number of aldehydes is 1. The molecule has 0 aromatic heterocycles. The summed E-state index contributed by atoms with van der Waals surface area (Å²) in [7, 11) is 0. The Kier molecular flexibility index (Phi) is 6.24. The minimum Gasteiger partial charge on any atom is -0.298 e. The molecule has 0 aliphatic heterocycles. The molecule has 16 heavy (non-hydrogen) atoms. The average molecular weight is 216 g/mol. The van der Waals surface area contributed by atoms with Gasteiger partial charge in [0.2, 0.25) is 0 Å². The van der Waals surface area contributed by atoms with Crippen LogP contribution in [0.25, 0.3) is 6.08 Å². The average Bonchev–Trinajstić information content (AvgIpc) is 2.34. The summed E-state index contributed by atoms with van der Waals surface area (Å²) in [4.78, 5) is 10.5. The van der Waals surface area contributed by atoms with Gasteiger partial charge in [0.05, 0.1) is 0 Å². The van der Waals surface area contributed by atoms with Gasteiger partial charge in [-0.25, -0.2) is 0 Å². The van der Waals surface area contributed by atoms with Crippen molar-refractivity contribution < 1.29 is 4.79 Å². The topological polar surface area (TPSA) is 17.1 Å². The lowest BCUT2D eigenvalue weighted by atomic mass is 10.1. The van der Waals surface area contributed by atoms with Gasteiger partial charge in [-0.1, -0.05) is 62.6 Å². The van der Waals surface area contributed by atoms with Gasteiger partial charge in [0.25, 0.3) is 0 Å². The number of rotatable bonds is 7. The van der Waals surface area contributed by atoms with Crippen molar-refractivity contribution >= 4 is 12.4 Å². The molecule has 0 N–H and O–H groups in total. The first-order valence-electron chi connectivity index (χ1n) is 6.08. The fourth-order valence-electron chi connectivity index (χ4n) is 1.59. The Balaban J connectivity index is 2.29. The second-order valence-corrected chi connectivity index (χ2v) is 4.04. The largest absolute Gasteiger partial charge is 0.298 e. The molecule has 1 aromatic carbocycles. The highest BCUT2D eigenvalue weighted by Crippen LogP contribution is 2.07. The van der Waals surface area contributed by atoms with Crippen molar-refractivity contribution in [3.63, 3.8) is 0 Å². The molecule has 1 aromatic rings. The molecule has 0 aliphatic rings. The summed E-state index contributed by atoms with van der Waals surface area (Å²) < 4.78 is 0. The summed E-state index contributed by atoms with van der Waals surface area (Å²) >= 11 is 0. The van der Waals surface area contributed by atoms with Crippen LogP contribution in [0.3, 0.4) is 0 Å². The fourth-order valence-corrected chi connectivity index (χ4v) is 1.59. The van der Waals surface area contributed by atoms with Gasteiger partial charge in [-0.2, -0.15) is 0 Å². The quantitative estimate of drug-likeness (QED) is 0.485. The monoisotopic (exact) mass is 216 g/mol. The first kappa shape index (κ1) is 12.7. The Morgan fingerprint density at radius 3 is 2.31 bits per heavy atom. The maximum absolute atomic E-state index is 10.5. The van der Waals surface area contributed by atoms with Crippen LogP contribution >= 0.6 is 0 Å². The number of carbonyl (C=O) groups is 1. The Hall–Kier alpha value is -1.37. The van der Waals surface area contributed by atoms with Crippen molar-refractivity contribution in [2.24, 2.45) is 0 Å². The molecule has 86 valence electrons. The van der Waals surface area contributed by atoms with Gasteiger partial charge in [0.15, 0.2) is 0 Å². The normalized spacial score (nSPS) is 10.8. The van der Waals surface area contributed by atoms with Gasteiger partial charge in [-0.3, -0.25) is 4.79 Å². The molecule has 0 spiro atoms. The van der Waals surface area contributed by atoms with Gasteiger partial charge >= 0.3 is 0 Å². The zero-order valence-electron chi connectivity index (χ0n) is 9.99. The zero-order valence-corrected chi connectivity index (χ0v) is 9.99. The Morgan fingerprint density at radius 2 is 1.69 bits per heavy atom. The van der Waals surface area contributed by atoms with Crippen LogP contribution in [0.2, 0.25) is 0 Å². The van der Waals surface area contributed by atoms with Crippen LogP contribution in [0.5, 0.6) is 0 Å². The van der Waals surface area contributed by atoms with Gasteiger partial charge in [-0.15, -0.1) is 0 Å². The molecule has 0 saturated carbocycles. The van der Waals surface area contributed by atoms with Crippen molar-refractivity contribution in [1.82, 2.24) is 0 Å². The summed E-state index contributed by atoms with van der Waals surface area (Å²) in [5.74, 6) is 0. The van der Waals surface area contributed by atoms with Gasteiger partial charge in [-0.05, 0) is 18.4 Å². The Bertz CT molecular complexity index is 322. The Labute approximate surface area is 98.2 Å². The van der Waals surface area contributed by atoms with Crippen molar-refractivity contribution in [3.8, 4) is 0 Å². The molecule has 0 heterocycles. The van der Waals surface area contributed by atoms with Crippen LogP contribution in [-0.2, 0) is 0 Å². The van der Waals surface area contributed by atoms with Crippen LogP contribution in [-0.4, -0.2) is 6.29 Å². The van der Waals surface area contributed by atoms with Gasteiger partial charge < -0.3 is 0 Å². The van der Waals surface area contributed by atoms with E-state index in [2.05, 4.69) is 19.1 Å². The lowest BCUT2D eigenvalue weighted by molar-refractivity contribution is 0.112. The van der Waals surface area contributed by atoms with Crippen molar-refractivity contribution in [2.75, 3.05) is 0 Å². The minimum atomic E-state index is 0.736. The molecule has 0 fully saturated rings. The second-order valence-electron chi connectivity index (χ2n) is 4.04. The molecular weight excluding hydrogens is 196 g/mol. The lowest BCUT2D eigenvalue weighted by Crippen LogP contribution is -1.79. The number of carbonyl (C=O) groups excluding carboxylic acids is 1. The van der Waals surface area contributed by atoms with Gasteiger partial charge in [0.1, 0.15) is 6.29 Å². The van der Waals surface area contributed by atoms with Crippen molar-refractivity contribution in [1.29, 1.82) is 0 Å². The third kappa shape index (κ3) is 4.92. The Morgan fingerprint density at radius 1 is 1.00 bits per heavy atom. The molecule has 0 unspecified atom stereocenters. The lowest BCUT2D eigenvalue weighted by Gasteiger charge is -1.95. The SMILES string of the molecule is CCCCCC/C=C\c1ccc(C=O)cc1. The highest BCUT2D eigenvalue weighted by Gasteiger charge is 1.89. The number of hydrogen-bond acceptors (Lipinski definition) is 1. The van der Waals surface area contributed by atoms with Crippen LogP contribution in [0.15, 0.2) is 30.3 Å². The summed E-state index contributed by atoms with van der Waals surface area (Å²) in [6.07, 6.45) is 11.6. The molecule has 1 nitrogen and oxygen atoms in total. The molecule has 0 aliphatic carbocycles. The maximum Gasteiger partial charge on any atom is 0.150 e. The highest BCUT2D eigenvalue weighted by atomic mass is 16.1. The van der Waals surface area contributed by atoms with Gasteiger partial charge in [0, 0.05) is 5.56 Å². The fraction of sp³-hybridized carbons (Fsp3) is 0.400. The third-order valence-corrected chi connectivity index (χ3v) is 2.61. The predicted octanol–water partition coefficient (Wildman–Crippen LogP) is 4.48. The summed E-state index contributed by atoms with van der Waals surface area (Å²) in [6, 6.07) is 7.66. The van der Waals surface area contributed by atoms with E-state index < -0.39 is 0 Å². The maximum atomic E-state index is 10.5. The van der Waals surface area contributed by atoms with E-state index in [0.717, 1.165) is 18.3 Å². The van der Waals surface area contributed by atoms with Crippen molar-refractivity contribution in [3.05, 3.63) is 41.5 Å². The van der Waals surface area contributed by atoms with E-state index >= 15 is 0 Å². The van der Waals surface area contributed by atoms with E-state index in [0.29, 0.717) is 0 Å². The first-order valence-corrected chi connectivity index (χ1v) is 6.08.